The van der Waals surface area contributed by atoms with E-state index >= 15 is 0 Å². The fourth-order valence-electron chi connectivity index (χ4n) is 2.71. The van der Waals surface area contributed by atoms with Gasteiger partial charge in [-0.05, 0) is 45.8 Å². The molecule has 0 saturated carbocycles. The standard InChI is InChI=1S/C17H19BrN2O/c18-16-12-14(6-7-17(16)21)13-19-8-10-20(11-9-19)15-4-2-1-3-5-15/h1-7,12,21H,8-11,13H2. The van der Waals surface area contributed by atoms with Crippen LogP contribution in [0.15, 0.2) is 53.0 Å². The molecule has 3 nitrogen and oxygen atoms in total. The molecule has 0 aliphatic carbocycles. The Labute approximate surface area is 133 Å². The van der Waals surface area contributed by atoms with E-state index in [4.69, 9.17) is 0 Å². The van der Waals surface area contributed by atoms with Crippen molar-refractivity contribution in [1.82, 2.24) is 4.90 Å². The lowest BCUT2D eigenvalue weighted by molar-refractivity contribution is 0.250. The number of aromatic hydroxyl groups is 1. The van der Waals surface area contributed by atoms with Gasteiger partial charge in [-0.25, -0.2) is 0 Å². The maximum atomic E-state index is 9.54. The van der Waals surface area contributed by atoms with Gasteiger partial charge in [0.1, 0.15) is 5.75 Å². The van der Waals surface area contributed by atoms with Gasteiger partial charge in [0, 0.05) is 38.4 Å². The van der Waals surface area contributed by atoms with Crippen LogP contribution in [0.2, 0.25) is 0 Å². The van der Waals surface area contributed by atoms with Crippen LogP contribution in [0.5, 0.6) is 5.75 Å². The summed E-state index contributed by atoms with van der Waals surface area (Å²) < 4.78 is 0.767. The first-order valence-corrected chi connectivity index (χ1v) is 8.01. The minimum atomic E-state index is 0.299. The molecule has 0 amide bonds. The summed E-state index contributed by atoms with van der Waals surface area (Å²) in [6.45, 7) is 5.18. The van der Waals surface area contributed by atoms with E-state index in [1.54, 1.807) is 6.07 Å². The summed E-state index contributed by atoms with van der Waals surface area (Å²) in [7, 11) is 0. The van der Waals surface area contributed by atoms with E-state index in [0.717, 1.165) is 37.2 Å². The Morgan fingerprint density at radius 2 is 1.67 bits per heavy atom. The van der Waals surface area contributed by atoms with Gasteiger partial charge in [0.25, 0.3) is 0 Å². The van der Waals surface area contributed by atoms with Gasteiger partial charge in [0.15, 0.2) is 0 Å². The van der Waals surface area contributed by atoms with Gasteiger partial charge in [-0.3, -0.25) is 4.90 Å². The molecule has 0 spiro atoms. The van der Waals surface area contributed by atoms with Crippen molar-refractivity contribution in [3.8, 4) is 5.75 Å². The molecule has 0 unspecified atom stereocenters. The van der Waals surface area contributed by atoms with E-state index < -0.39 is 0 Å². The van der Waals surface area contributed by atoms with Gasteiger partial charge in [0.05, 0.1) is 4.47 Å². The van der Waals surface area contributed by atoms with Gasteiger partial charge >= 0.3 is 0 Å². The smallest absolute Gasteiger partial charge is 0.129 e. The highest BCUT2D eigenvalue weighted by Crippen LogP contribution is 2.25. The van der Waals surface area contributed by atoms with Crippen molar-refractivity contribution in [2.75, 3.05) is 31.1 Å². The van der Waals surface area contributed by atoms with Crippen molar-refractivity contribution < 1.29 is 5.11 Å². The van der Waals surface area contributed by atoms with Gasteiger partial charge < -0.3 is 10.0 Å². The molecule has 1 aliphatic heterocycles. The molecular formula is C17H19BrN2O. The molecule has 2 aromatic rings. The number of hydrogen-bond donors (Lipinski definition) is 1. The van der Waals surface area contributed by atoms with E-state index in [1.165, 1.54) is 11.3 Å². The maximum Gasteiger partial charge on any atom is 0.129 e. The quantitative estimate of drug-likeness (QED) is 0.921. The zero-order valence-corrected chi connectivity index (χ0v) is 13.5. The van der Waals surface area contributed by atoms with Crippen molar-refractivity contribution in [2.45, 2.75) is 6.54 Å². The van der Waals surface area contributed by atoms with E-state index in [-0.39, 0.29) is 0 Å². The van der Waals surface area contributed by atoms with Gasteiger partial charge in [-0.1, -0.05) is 24.3 Å². The lowest BCUT2D eigenvalue weighted by Crippen LogP contribution is -2.45. The second-order valence-electron chi connectivity index (χ2n) is 5.38. The number of halogens is 1. The molecular weight excluding hydrogens is 328 g/mol. The summed E-state index contributed by atoms with van der Waals surface area (Å²) in [6.07, 6.45) is 0. The highest BCUT2D eigenvalue weighted by atomic mass is 79.9. The van der Waals surface area contributed by atoms with Crippen LogP contribution in [0.1, 0.15) is 5.56 Å². The number of para-hydroxylation sites is 1. The first kappa shape index (κ1) is 14.4. The third-order valence-electron chi connectivity index (χ3n) is 3.91. The fourth-order valence-corrected chi connectivity index (χ4v) is 3.14. The monoisotopic (exact) mass is 346 g/mol. The first-order chi connectivity index (χ1) is 10.2. The van der Waals surface area contributed by atoms with Crippen LogP contribution in [0.3, 0.4) is 0 Å². The molecule has 0 radical (unpaired) electrons. The highest BCUT2D eigenvalue weighted by Gasteiger charge is 2.17. The van der Waals surface area contributed by atoms with Crippen molar-refractivity contribution in [3.05, 3.63) is 58.6 Å². The summed E-state index contributed by atoms with van der Waals surface area (Å²) >= 11 is 3.37. The Morgan fingerprint density at radius 3 is 2.33 bits per heavy atom. The van der Waals surface area contributed by atoms with E-state index in [9.17, 15) is 5.11 Å². The van der Waals surface area contributed by atoms with Crippen LogP contribution in [0.25, 0.3) is 0 Å². The van der Waals surface area contributed by atoms with Crippen LogP contribution in [0, 0.1) is 0 Å². The van der Waals surface area contributed by atoms with Crippen molar-refractivity contribution >= 4 is 21.6 Å². The van der Waals surface area contributed by atoms with E-state index in [2.05, 4.69) is 56.1 Å². The Hall–Kier alpha value is -1.52. The molecule has 2 aromatic carbocycles. The molecule has 1 aliphatic rings. The van der Waals surface area contributed by atoms with Crippen LogP contribution >= 0.6 is 15.9 Å². The van der Waals surface area contributed by atoms with Crippen molar-refractivity contribution in [2.24, 2.45) is 0 Å². The summed E-state index contributed by atoms with van der Waals surface area (Å²) in [5.74, 6) is 0.299. The number of phenolic OH excluding ortho intramolecular Hbond substituents is 1. The number of phenols is 1. The number of piperazine rings is 1. The topological polar surface area (TPSA) is 26.7 Å². The lowest BCUT2D eigenvalue weighted by Gasteiger charge is -2.36. The summed E-state index contributed by atoms with van der Waals surface area (Å²) in [6, 6.07) is 16.3. The molecule has 1 fully saturated rings. The van der Waals surface area contributed by atoms with Gasteiger partial charge in [0.2, 0.25) is 0 Å². The number of hydrogen-bond acceptors (Lipinski definition) is 3. The minimum Gasteiger partial charge on any atom is -0.507 e. The minimum absolute atomic E-state index is 0.299. The SMILES string of the molecule is Oc1ccc(CN2CCN(c3ccccc3)CC2)cc1Br. The average Bonchev–Trinajstić information content (AvgIpc) is 2.53. The Kier molecular flexibility index (Phi) is 4.46. The summed E-state index contributed by atoms with van der Waals surface area (Å²) in [4.78, 5) is 4.89. The summed E-state index contributed by atoms with van der Waals surface area (Å²) in [5.41, 5.74) is 2.54. The Balaban J connectivity index is 1.57. The first-order valence-electron chi connectivity index (χ1n) is 7.22. The lowest BCUT2D eigenvalue weighted by atomic mass is 10.2. The molecule has 1 saturated heterocycles. The molecule has 0 bridgehead atoms. The Bertz CT molecular complexity index is 595. The summed E-state index contributed by atoms with van der Waals surface area (Å²) in [5, 5.41) is 9.54. The molecule has 3 rings (SSSR count). The zero-order chi connectivity index (χ0) is 14.7. The molecule has 0 aromatic heterocycles. The highest BCUT2D eigenvalue weighted by molar-refractivity contribution is 9.10. The number of benzene rings is 2. The second kappa shape index (κ2) is 6.50. The molecule has 1 heterocycles. The molecule has 110 valence electrons. The number of rotatable bonds is 3. The fraction of sp³-hybridized carbons (Fsp3) is 0.294. The predicted molar refractivity (Wildman–Crippen MR) is 89.7 cm³/mol. The Morgan fingerprint density at radius 1 is 0.952 bits per heavy atom. The third kappa shape index (κ3) is 3.57. The van der Waals surface area contributed by atoms with E-state index in [1.807, 2.05) is 12.1 Å². The van der Waals surface area contributed by atoms with E-state index in [0.29, 0.717) is 5.75 Å². The van der Waals surface area contributed by atoms with Crippen LogP contribution in [-0.2, 0) is 6.54 Å². The molecule has 1 N–H and O–H groups in total. The van der Waals surface area contributed by atoms with Crippen LogP contribution in [0.4, 0.5) is 5.69 Å². The van der Waals surface area contributed by atoms with Crippen molar-refractivity contribution in [1.29, 1.82) is 0 Å². The zero-order valence-electron chi connectivity index (χ0n) is 11.9. The van der Waals surface area contributed by atoms with Gasteiger partial charge in [-0.15, -0.1) is 0 Å². The van der Waals surface area contributed by atoms with Crippen molar-refractivity contribution in [3.63, 3.8) is 0 Å². The third-order valence-corrected chi connectivity index (χ3v) is 4.55. The van der Waals surface area contributed by atoms with Gasteiger partial charge in [-0.2, -0.15) is 0 Å². The van der Waals surface area contributed by atoms with Crippen LogP contribution < -0.4 is 4.90 Å². The molecule has 4 heteroatoms. The molecule has 0 atom stereocenters. The molecule has 21 heavy (non-hydrogen) atoms. The average molecular weight is 347 g/mol. The number of nitrogens with zero attached hydrogens (tertiary/aromatic N) is 2. The second-order valence-corrected chi connectivity index (χ2v) is 6.24. The van der Waals surface area contributed by atoms with Crippen LogP contribution in [-0.4, -0.2) is 36.2 Å². The normalized spacial score (nSPS) is 16.1. The predicted octanol–water partition coefficient (Wildman–Crippen LogP) is 3.48. The largest absolute Gasteiger partial charge is 0.507 e. The maximum absolute atomic E-state index is 9.54. The number of anilines is 1.